The lowest BCUT2D eigenvalue weighted by atomic mass is 9.97. The van der Waals surface area contributed by atoms with Crippen LogP contribution in [0.5, 0.6) is 0 Å². The SMILES string of the molecule is COC(=O)C1CCN(c2nn3cc(I)nc3s2)CC1. The molecule has 3 heterocycles. The highest BCUT2D eigenvalue weighted by atomic mass is 127. The molecule has 2 aromatic heterocycles. The van der Waals surface area contributed by atoms with Crippen LogP contribution in [0.4, 0.5) is 5.13 Å². The van der Waals surface area contributed by atoms with Gasteiger partial charge in [0.1, 0.15) is 3.70 Å². The van der Waals surface area contributed by atoms with Gasteiger partial charge in [0.25, 0.3) is 0 Å². The molecule has 3 rings (SSSR count). The number of piperidine rings is 1. The highest BCUT2D eigenvalue weighted by Gasteiger charge is 2.27. The van der Waals surface area contributed by atoms with Gasteiger partial charge in [0, 0.05) is 13.1 Å². The summed E-state index contributed by atoms with van der Waals surface area (Å²) in [6.07, 6.45) is 3.56. The lowest BCUT2D eigenvalue weighted by molar-refractivity contribution is -0.146. The van der Waals surface area contributed by atoms with Crippen molar-refractivity contribution in [3.63, 3.8) is 0 Å². The van der Waals surface area contributed by atoms with Crippen LogP contribution in [0.1, 0.15) is 12.8 Å². The maximum Gasteiger partial charge on any atom is 0.308 e. The number of rotatable bonds is 2. The number of hydrogen-bond donors (Lipinski definition) is 0. The van der Waals surface area contributed by atoms with Crippen molar-refractivity contribution in [2.24, 2.45) is 5.92 Å². The van der Waals surface area contributed by atoms with Gasteiger partial charge in [-0.2, -0.15) is 0 Å². The van der Waals surface area contributed by atoms with Crippen LogP contribution >= 0.6 is 33.9 Å². The Bertz CT molecular complexity index is 571. The first-order chi connectivity index (χ1) is 9.17. The molecule has 1 saturated heterocycles. The number of halogens is 1. The lowest BCUT2D eigenvalue weighted by Crippen LogP contribution is -2.36. The second-order valence-electron chi connectivity index (χ2n) is 4.46. The zero-order valence-electron chi connectivity index (χ0n) is 10.4. The second kappa shape index (κ2) is 5.23. The van der Waals surface area contributed by atoms with Gasteiger partial charge >= 0.3 is 5.97 Å². The summed E-state index contributed by atoms with van der Waals surface area (Å²) in [5.41, 5.74) is 0. The zero-order valence-corrected chi connectivity index (χ0v) is 13.3. The molecule has 1 aliphatic rings. The molecule has 8 heteroatoms. The van der Waals surface area contributed by atoms with Crippen LogP contribution in [0.15, 0.2) is 6.20 Å². The number of carbonyl (C=O) groups is 1. The highest BCUT2D eigenvalue weighted by molar-refractivity contribution is 14.1. The molecule has 0 aromatic carbocycles. The van der Waals surface area contributed by atoms with Gasteiger partial charge in [0.05, 0.1) is 19.2 Å². The minimum atomic E-state index is -0.0943. The van der Waals surface area contributed by atoms with Crippen molar-refractivity contribution >= 4 is 50.0 Å². The van der Waals surface area contributed by atoms with Crippen molar-refractivity contribution in [1.29, 1.82) is 0 Å². The van der Waals surface area contributed by atoms with Crippen molar-refractivity contribution in [1.82, 2.24) is 14.6 Å². The zero-order chi connectivity index (χ0) is 13.4. The van der Waals surface area contributed by atoms with Gasteiger partial charge < -0.3 is 9.64 Å². The number of carbonyl (C=O) groups excluding carboxylic acids is 1. The normalized spacial score (nSPS) is 17.1. The van der Waals surface area contributed by atoms with E-state index in [-0.39, 0.29) is 11.9 Å². The van der Waals surface area contributed by atoms with Gasteiger partial charge in [0.2, 0.25) is 10.1 Å². The molecule has 0 amide bonds. The molecule has 0 N–H and O–H groups in total. The largest absolute Gasteiger partial charge is 0.469 e. The van der Waals surface area contributed by atoms with Crippen LogP contribution in [-0.2, 0) is 9.53 Å². The van der Waals surface area contributed by atoms with Crippen LogP contribution in [0.2, 0.25) is 0 Å². The third-order valence-corrected chi connectivity index (χ3v) is 4.81. The number of hydrogen-bond acceptors (Lipinski definition) is 6. The minimum absolute atomic E-state index is 0.0336. The Morgan fingerprint density at radius 2 is 2.26 bits per heavy atom. The standard InChI is InChI=1S/C11H13IN4O2S/c1-18-9(17)7-2-4-15(5-3-7)11-14-16-6-8(12)13-10(16)19-11/h6-7H,2-5H2,1H3. The molecule has 0 saturated carbocycles. The number of aromatic nitrogens is 3. The maximum absolute atomic E-state index is 11.5. The average molecular weight is 392 g/mol. The summed E-state index contributed by atoms with van der Waals surface area (Å²) in [5.74, 6) is -0.0608. The van der Waals surface area contributed by atoms with E-state index in [0.717, 1.165) is 39.7 Å². The van der Waals surface area contributed by atoms with E-state index in [2.05, 4.69) is 37.6 Å². The van der Waals surface area contributed by atoms with E-state index in [4.69, 9.17) is 4.74 Å². The molecule has 1 aliphatic heterocycles. The van der Waals surface area contributed by atoms with E-state index in [1.165, 1.54) is 7.11 Å². The van der Waals surface area contributed by atoms with E-state index in [9.17, 15) is 4.79 Å². The molecule has 102 valence electrons. The molecule has 0 unspecified atom stereocenters. The van der Waals surface area contributed by atoms with Crippen LogP contribution in [0.25, 0.3) is 4.96 Å². The maximum atomic E-state index is 11.5. The number of fused-ring (bicyclic) bond motifs is 1. The molecule has 0 spiro atoms. The number of nitrogens with zero attached hydrogens (tertiary/aromatic N) is 4. The number of anilines is 1. The Hall–Kier alpha value is -0.900. The predicted molar refractivity (Wildman–Crippen MR) is 80.5 cm³/mol. The highest BCUT2D eigenvalue weighted by Crippen LogP contribution is 2.28. The van der Waals surface area contributed by atoms with Gasteiger partial charge in [0.15, 0.2) is 0 Å². The Morgan fingerprint density at radius 3 is 2.89 bits per heavy atom. The van der Waals surface area contributed by atoms with Gasteiger partial charge in [-0.25, -0.2) is 9.50 Å². The quantitative estimate of drug-likeness (QED) is 0.576. The Balaban J connectivity index is 1.70. The van der Waals surface area contributed by atoms with Gasteiger partial charge in [-0.15, -0.1) is 5.10 Å². The first-order valence-corrected chi connectivity index (χ1v) is 7.91. The van der Waals surface area contributed by atoms with Crippen molar-refractivity contribution in [2.45, 2.75) is 12.8 Å². The molecule has 0 radical (unpaired) electrons. The molecule has 19 heavy (non-hydrogen) atoms. The molecule has 0 bridgehead atoms. The first-order valence-electron chi connectivity index (χ1n) is 6.02. The van der Waals surface area contributed by atoms with Crippen LogP contribution < -0.4 is 4.90 Å². The number of esters is 1. The third-order valence-electron chi connectivity index (χ3n) is 3.30. The van der Waals surface area contributed by atoms with E-state index in [1.54, 1.807) is 11.3 Å². The minimum Gasteiger partial charge on any atom is -0.469 e. The molecule has 2 aromatic rings. The Labute approximate surface area is 127 Å². The topological polar surface area (TPSA) is 59.7 Å². The number of imidazole rings is 1. The van der Waals surface area contributed by atoms with E-state index in [0.29, 0.717) is 0 Å². The van der Waals surface area contributed by atoms with Crippen molar-refractivity contribution in [2.75, 3.05) is 25.1 Å². The Morgan fingerprint density at radius 1 is 1.53 bits per heavy atom. The molecule has 1 fully saturated rings. The monoisotopic (exact) mass is 392 g/mol. The van der Waals surface area contributed by atoms with E-state index in [1.807, 2.05) is 10.7 Å². The van der Waals surface area contributed by atoms with Crippen LogP contribution in [-0.4, -0.2) is 40.8 Å². The summed E-state index contributed by atoms with van der Waals surface area (Å²) < 4.78 is 7.56. The summed E-state index contributed by atoms with van der Waals surface area (Å²) in [6.45, 7) is 1.68. The molecule has 6 nitrogen and oxygen atoms in total. The Kier molecular flexibility index (Phi) is 3.61. The molecule has 0 aliphatic carbocycles. The van der Waals surface area contributed by atoms with Crippen molar-refractivity contribution in [3.8, 4) is 0 Å². The van der Waals surface area contributed by atoms with Gasteiger partial charge in [-0.05, 0) is 35.4 Å². The smallest absolute Gasteiger partial charge is 0.308 e. The molecular formula is C11H13IN4O2S. The van der Waals surface area contributed by atoms with Gasteiger partial charge in [-0.1, -0.05) is 11.3 Å². The number of ether oxygens (including phenoxy) is 1. The summed E-state index contributed by atoms with van der Waals surface area (Å²) in [7, 11) is 1.45. The van der Waals surface area contributed by atoms with Crippen LogP contribution in [0.3, 0.4) is 0 Å². The van der Waals surface area contributed by atoms with Gasteiger partial charge in [-0.3, -0.25) is 4.79 Å². The van der Waals surface area contributed by atoms with Crippen LogP contribution in [0, 0.1) is 9.62 Å². The summed E-state index contributed by atoms with van der Waals surface area (Å²) in [4.78, 5) is 19.0. The summed E-state index contributed by atoms with van der Waals surface area (Å²) in [5, 5.41) is 5.50. The van der Waals surface area contributed by atoms with E-state index < -0.39 is 0 Å². The molecule has 0 atom stereocenters. The summed E-state index contributed by atoms with van der Waals surface area (Å²) in [6, 6.07) is 0. The lowest BCUT2D eigenvalue weighted by Gasteiger charge is -2.29. The van der Waals surface area contributed by atoms with Crippen molar-refractivity contribution in [3.05, 3.63) is 9.90 Å². The third kappa shape index (κ3) is 2.55. The number of methoxy groups -OCH3 is 1. The second-order valence-corrected chi connectivity index (χ2v) is 6.50. The molecular weight excluding hydrogens is 379 g/mol. The van der Waals surface area contributed by atoms with Crippen molar-refractivity contribution < 1.29 is 9.53 Å². The predicted octanol–water partition coefficient (Wildman–Crippen LogP) is 1.78. The first kappa shape index (κ1) is 13.1. The fraction of sp³-hybridized carbons (Fsp3) is 0.545. The fourth-order valence-electron chi connectivity index (χ4n) is 2.26. The fourth-order valence-corrected chi connectivity index (χ4v) is 3.85. The van der Waals surface area contributed by atoms with E-state index >= 15 is 0 Å². The summed E-state index contributed by atoms with van der Waals surface area (Å²) >= 11 is 3.77. The average Bonchev–Trinajstić information content (AvgIpc) is 2.95.